The van der Waals surface area contributed by atoms with Crippen molar-refractivity contribution >= 4 is 23.4 Å². The summed E-state index contributed by atoms with van der Waals surface area (Å²) in [6.45, 7) is 3.50. The van der Waals surface area contributed by atoms with Gasteiger partial charge in [0, 0.05) is 29.8 Å². The summed E-state index contributed by atoms with van der Waals surface area (Å²) < 4.78 is 11.4. The largest absolute Gasteiger partial charge is 0.451 e. The Bertz CT molecular complexity index is 1670. The Morgan fingerprint density at radius 2 is 1.80 bits per heavy atom. The van der Waals surface area contributed by atoms with Crippen molar-refractivity contribution in [1.29, 1.82) is 0 Å². The molecule has 3 aromatic heterocycles. The Balaban J connectivity index is 1.36. The second-order valence-electron chi connectivity index (χ2n) is 9.69. The number of hydrogen-bond acceptors (Lipinski definition) is 11. The molecule has 2 aromatic carbocycles. The predicted octanol–water partition coefficient (Wildman–Crippen LogP) is 4.88. The van der Waals surface area contributed by atoms with Gasteiger partial charge in [-0.2, -0.15) is 4.98 Å². The number of carbonyl (C=O) groups excluding carboxylic acids is 1. The molecule has 11 nitrogen and oxygen atoms in total. The van der Waals surface area contributed by atoms with Crippen molar-refractivity contribution in [2.24, 2.45) is 0 Å². The number of esters is 1. The van der Waals surface area contributed by atoms with Gasteiger partial charge in [0.25, 0.3) is 5.89 Å². The number of aromatic nitrogens is 5. The van der Waals surface area contributed by atoms with E-state index in [1.807, 2.05) is 56.3 Å². The summed E-state index contributed by atoms with van der Waals surface area (Å²) in [6, 6.07) is 18.0. The molecule has 5 aromatic rings. The van der Waals surface area contributed by atoms with Gasteiger partial charge in [0.2, 0.25) is 11.8 Å². The number of rotatable bonds is 8. The average molecular weight is 536 g/mol. The fourth-order valence-electron chi connectivity index (χ4n) is 4.50. The highest BCUT2D eigenvalue weighted by atomic mass is 16.6. The number of nitrogens with zero attached hydrogens (tertiary/aromatic N) is 5. The highest BCUT2D eigenvalue weighted by molar-refractivity contribution is 5.95. The summed E-state index contributed by atoms with van der Waals surface area (Å²) in [6.07, 6.45) is 4.86. The highest BCUT2D eigenvalue weighted by Gasteiger charge is 2.37. The number of benzene rings is 2. The van der Waals surface area contributed by atoms with Crippen LogP contribution < -0.4 is 10.6 Å². The zero-order valence-corrected chi connectivity index (χ0v) is 21.7. The molecule has 0 spiro atoms. The van der Waals surface area contributed by atoms with E-state index in [-0.39, 0.29) is 24.4 Å². The molecule has 0 radical (unpaired) electrons. The summed E-state index contributed by atoms with van der Waals surface area (Å²) >= 11 is 0. The van der Waals surface area contributed by atoms with Crippen molar-refractivity contribution in [3.05, 3.63) is 95.9 Å². The Morgan fingerprint density at radius 1 is 0.975 bits per heavy atom. The summed E-state index contributed by atoms with van der Waals surface area (Å²) in [5.41, 5.74) is 3.25. The van der Waals surface area contributed by atoms with Crippen LogP contribution >= 0.6 is 0 Å². The van der Waals surface area contributed by atoms with E-state index < -0.39 is 11.6 Å². The number of aliphatic hydroxyl groups excluding tert-OH is 1. The number of fused-ring (bicyclic) bond motifs is 1. The van der Waals surface area contributed by atoms with Crippen molar-refractivity contribution in [2.75, 3.05) is 17.2 Å². The van der Waals surface area contributed by atoms with Crippen LogP contribution in [-0.4, -0.2) is 42.8 Å². The van der Waals surface area contributed by atoms with E-state index in [1.54, 1.807) is 36.8 Å². The van der Waals surface area contributed by atoms with Gasteiger partial charge < -0.3 is 24.9 Å². The van der Waals surface area contributed by atoms with Gasteiger partial charge in [-0.1, -0.05) is 30.3 Å². The molecule has 0 bridgehead atoms. The normalized spacial score (nSPS) is 14.3. The summed E-state index contributed by atoms with van der Waals surface area (Å²) in [7, 11) is 0. The van der Waals surface area contributed by atoms with Gasteiger partial charge in [-0.3, -0.25) is 4.98 Å². The Kier molecular flexibility index (Phi) is 6.40. The quantitative estimate of drug-likeness (QED) is 0.233. The van der Waals surface area contributed by atoms with E-state index in [9.17, 15) is 9.90 Å². The Morgan fingerprint density at radius 3 is 2.58 bits per heavy atom. The van der Waals surface area contributed by atoms with Crippen molar-refractivity contribution in [2.45, 2.75) is 25.5 Å². The zero-order valence-electron chi connectivity index (χ0n) is 21.7. The molecule has 1 aliphatic heterocycles. The maximum atomic E-state index is 12.2. The van der Waals surface area contributed by atoms with Crippen molar-refractivity contribution in [1.82, 2.24) is 25.1 Å². The second-order valence-corrected chi connectivity index (χ2v) is 9.69. The maximum absolute atomic E-state index is 12.2. The number of nitrogens with one attached hydrogen (secondary N) is 2. The Hall–Kier alpha value is -5.16. The van der Waals surface area contributed by atoms with Crippen molar-refractivity contribution in [3.8, 4) is 22.9 Å². The number of carbonyl (C=O) groups is 1. The van der Waals surface area contributed by atoms with Gasteiger partial charge >= 0.3 is 5.97 Å². The molecule has 0 unspecified atom stereocenters. The van der Waals surface area contributed by atoms with Crippen LogP contribution in [0.5, 0.6) is 0 Å². The first-order chi connectivity index (χ1) is 19.4. The molecule has 6 rings (SSSR count). The first kappa shape index (κ1) is 25.1. The third-order valence-electron chi connectivity index (χ3n) is 6.54. The lowest BCUT2D eigenvalue weighted by atomic mass is 9.95. The number of aliphatic hydroxyl groups is 1. The minimum atomic E-state index is -0.741. The standard InChI is InChI=1S/C29H25N7O4/c1-29(2)22-13-19(10-11-20(22)27(38)40-29)32-28-31-15-21(26-36-35-25(39-26)18-9-6-12-30-14-18)24(34-28)33-23(16-37)17-7-4-3-5-8-17/h3-15,23,37H,16H2,1-2H3,(H2,31,32,33,34)/t23-/m1/s1. The average Bonchev–Trinajstić information content (AvgIpc) is 3.55. The van der Waals surface area contributed by atoms with Gasteiger partial charge in [-0.05, 0) is 49.7 Å². The molecule has 40 heavy (non-hydrogen) atoms. The van der Waals surface area contributed by atoms with Crippen LogP contribution in [-0.2, 0) is 10.3 Å². The number of hydrogen-bond donors (Lipinski definition) is 3. The van der Waals surface area contributed by atoms with Crippen LogP contribution in [0.2, 0.25) is 0 Å². The number of anilines is 3. The molecule has 0 saturated heterocycles. The molecular formula is C29H25N7O4. The van der Waals surface area contributed by atoms with E-state index in [4.69, 9.17) is 14.1 Å². The Labute approximate surface area is 229 Å². The highest BCUT2D eigenvalue weighted by Crippen LogP contribution is 2.38. The molecule has 1 atom stereocenters. The lowest BCUT2D eigenvalue weighted by Gasteiger charge is -2.20. The van der Waals surface area contributed by atoms with E-state index in [2.05, 4.69) is 30.8 Å². The second kappa shape index (κ2) is 10.2. The van der Waals surface area contributed by atoms with Gasteiger partial charge in [-0.25, -0.2) is 9.78 Å². The lowest BCUT2D eigenvalue weighted by Crippen LogP contribution is -2.17. The summed E-state index contributed by atoms with van der Waals surface area (Å²) in [5.74, 6) is 0.815. The maximum Gasteiger partial charge on any atom is 0.339 e. The molecule has 11 heteroatoms. The molecule has 0 aliphatic carbocycles. The number of ether oxygens (including phenoxy) is 1. The van der Waals surface area contributed by atoms with Gasteiger partial charge in [0.1, 0.15) is 11.4 Å². The van der Waals surface area contributed by atoms with E-state index >= 15 is 0 Å². The predicted molar refractivity (Wildman–Crippen MR) is 147 cm³/mol. The minimum Gasteiger partial charge on any atom is -0.451 e. The molecular weight excluding hydrogens is 510 g/mol. The van der Waals surface area contributed by atoms with E-state index in [0.717, 1.165) is 11.1 Å². The molecule has 200 valence electrons. The smallest absolute Gasteiger partial charge is 0.339 e. The topological polar surface area (TPSA) is 148 Å². The monoisotopic (exact) mass is 535 g/mol. The SMILES string of the molecule is CC1(C)OC(=O)c2ccc(Nc3ncc(-c4nnc(-c5cccnc5)o4)c(N[C@H](CO)c4ccccc4)n3)cc21. The summed E-state index contributed by atoms with van der Waals surface area (Å²) in [4.78, 5) is 25.5. The number of pyridine rings is 1. The third kappa shape index (κ3) is 4.85. The van der Waals surface area contributed by atoms with Crippen LogP contribution in [0.1, 0.15) is 41.4 Å². The third-order valence-corrected chi connectivity index (χ3v) is 6.54. The minimum absolute atomic E-state index is 0.186. The fraction of sp³-hybridized carbons (Fsp3) is 0.172. The van der Waals surface area contributed by atoms with Crippen molar-refractivity contribution in [3.63, 3.8) is 0 Å². The molecule has 0 fully saturated rings. The summed E-state index contributed by atoms with van der Waals surface area (Å²) in [5, 5.41) is 25.1. The fourth-order valence-corrected chi connectivity index (χ4v) is 4.50. The molecule has 3 N–H and O–H groups in total. The van der Waals surface area contributed by atoms with E-state index in [1.165, 1.54) is 0 Å². The molecule has 0 amide bonds. The number of cyclic esters (lactones) is 1. The van der Waals surface area contributed by atoms with E-state index in [0.29, 0.717) is 34.1 Å². The molecule has 4 heterocycles. The lowest BCUT2D eigenvalue weighted by molar-refractivity contribution is 0.00954. The van der Waals surface area contributed by atoms with Crippen LogP contribution in [0.4, 0.5) is 17.5 Å². The molecule has 0 saturated carbocycles. The zero-order chi connectivity index (χ0) is 27.7. The van der Waals surface area contributed by atoms with Crippen LogP contribution in [0.15, 0.2) is 83.7 Å². The first-order valence-electron chi connectivity index (χ1n) is 12.6. The van der Waals surface area contributed by atoms with Crippen LogP contribution in [0.25, 0.3) is 22.9 Å². The molecule has 1 aliphatic rings. The van der Waals surface area contributed by atoms with Gasteiger partial charge in [0.15, 0.2) is 0 Å². The van der Waals surface area contributed by atoms with Gasteiger partial charge in [0.05, 0.1) is 29.3 Å². The first-order valence-corrected chi connectivity index (χ1v) is 12.6. The van der Waals surface area contributed by atoms with Crippen molar-refractivity contribution < 1.29 is 19.1 Å². The van der Waals surface area contributed by atoms with Crippen LogP contribution in [0, 0.1) is 0 Å². The van der Waals surface area contributed by atoms with Gasteiger partial charge in [-0.15, -0.1) is 10.2 Å². The van der Waals surface area contributed by atoms with Crippen LogP contribution in [0.3, 0.4) is 0 Å².